The Labute approximate surface area is 141 Å². The molecule has 3 rings (SSSR count). The van der Waals surface area contributed by atoms with Crippen LogP contribution in [0.4, 0.5) is 5.69 Å². The summed E-state index contributed by atoms with van der Waals surface area (Å²) in [5.41, 5.74) is 2.74. The van der Waals surface area contributed by atoms with Crippen LogP contribution in [0.3, 0.4) is 0 Å². The fourth-order valence-corrected chi connectivity index (χ4v) is 2.73. The number of rotatable bonds is 5. The van der Waals surface area contributed by atoms with E-state index in [4.69, 9.17) is 4.42 Å². The van der Waals surface area contributed by atoms with Gasteiger partial charge in [0, 0.05) is 31.3 Å². The van der Waals surface area contributed by atoms with Crippen molar-refractivity contribution in [3.05, 3.63) is 66.7 Å². The fourth-order valence-electron chi connectivity index (χ4n) is 2.73. The number of carbonyl (C=O) groups is 1. The minimum absolute atomic E-state index is 0.0457. The molecule has 4 nitrogen and oxygen atoms in total. The molecule has 0 aliphatic heterocycles. The molecule has 0 aliphatic rings. The summed E-state index contributed by atoms with van der Waals surface area (Å²) in [6, 6.07) is 17.5. The summed E-state index contributed by atoms with van der Waals surface area (Å²) < 4.78 is 8.09. The lowest BCUT2D eigenvalue weighted by molar-refractivity contribution is -0.678. The molecule has 0 atom stereocenters. The Bertz CT molecular complexity index is 866. The fraction of sp³-hybridized carbons (Fsp3) is 0.200. The van der Waals surface area contributed by atoms with Crippen molar-refractivity contribution in [2.24, 2.45) is 0 Å². The zero-order chi connectivity index (χ0) is 16.9. The largest absolute Gasteiger partial charge is 0.398 e. The number of anilines is 1. The molecule has 0 aliphatic carbocycles. The molecule has 0 N–H and O–H groups in total. The van der Waals surface area contributed by atoms with Crippen LogP contribution >= 0.6 is 0 Å². The maximum absolute atomic E-state index is 12.0. The van der Waals surface area contributed by atoms with Crippen LogP contribution in [0.15, 0.2) is 65.2 Å². The van der Waals surface area contributed by atoms with Gasteiger partial charge in [-0.1, -0.05) is 37.3 Å². The van der Waals surface area contributed by atoms with E-state index in [2.05, 4.69) is 11.5 Å². The van der Waals surface area contributed by atoms with E-state index in [-0.39, 0.29) is 5.91 Å². The van der Waals surface area contributed by atoms with Gasteiger partial charge in [0.2, 0.25) is 11.5 Å². The Balaban J connectivity index is 1.99. The van der Waals surface area contributed by atoms with Crippen LogP contribution < -0.4 is 9.47 Å². The molecule has 4 heteroatoms. The summed E-state index contributed by atoms with van der Waals surface area (Å²) in [4.78, 5) is 13.6. The molecule has 122 valence electrons. The summed E-state index contributed by atoms with van der Waals surface area (Å²) in [5.74, 6) is 0.691. The van der Waals surface area contributed by atoms with Gasteiger partial charge in [0.15, 0.2) is 6.54 Å². The van der Waals surface area contributed by atoms with Gasteiger partial charge in [-0.3, -0.25) is 9.69 Å². The lowest BCUT2D eigenvalue weighted by atomic mass is 10.3. The third-order valence-corrected chi connectivity index (χ3v) is 3.82. The molecule has 24 heavy (non-hydrogen) atoms. The first-order valence-electron chi connectivity index (χ1n) is 8.15. The summed E-state index contributed by atoms with van der Waals surface area (Å²) in [7, 11) is 0. The molecule has 1 amide bonds. The first-order chi connectivity index (χ1) is 11.7. The Morgan fingerprint density at radius 1 is 1.12 bits per heavy atom. The molecule has 0 saturated heterocycles. The minimum Gasteiger partial charge on any atom is -0.398 e. The van der Waals surface area contributed by atoms with E-state index in [9.17, 15) is 4.79 Å². The Hall–Kier alpha value is -2.88. The Kier molecular flexibility index (Phi) is 4.75. The zero-order valence-electron chi connectivity index (χ0n) is 14.0. The Morgan fingerprint density at radius 2 is 1.83 bits per heavy atom. The van der Waals surface area contributed by atoms with Crippen LogP contribution in [0.2, 0.25) is 0 Å². The lowest BCUT2D eigenvalue weighted by Crippen LogP contribution is -2.35. The van der Waals surface area contributed by atoms with Gasteiger partial charge in [0.05, 0.1) is 6.08 Å². The van der Waals surface area contributed by atoms with Crippen molar-refractivity contribution in [1.29, 1.82) is 0 Å². The third-order valence-electron chi connectivity index (χ3n) is 3.82. The molecule has 1 heterocycles. The molecule has 0 bridgehead atoms. The van der Waals surface area contributed by atoms with Crippen LogP contribution in [-0.4, -0.2) is 5.91 Å². The average molecular weight is 321 g/mol. The predicted octanol–water partition coefficient (Wildman–Crippen LogP) is 4.15. The van der Waals surface area contributed by atoms with Crippen LogP contribution in [0.1, 0.15) is 26.2 Å². The van der Waals surface area contributed by atoms with Gasteiger partial charge in [-0.2, -0.15) is 4.57 Å². The SMILES string of the molecule is CCC[n+]1c(/C=C/N(C(C)=O)c2ccccc2)oc2ccccc21. The van der Waals surface area contributed by atoms with Crippen molar-refractivity contribution in [2.45, 2.75) is 26.8 Å². The second-order valence-corrected chi connectivity index (χ2v) is 5.60. The molecule has 0 spiro atoms. The standard InChI is InChI=1S/C20H21N2O2/c1-3-14-22-18-11-7-8-12-19(18)24-20(22)13-15-21(16(2)23)17-9-5-4-6-10-17/h4-13,15H,3,14H2,1-2H3/q+1. The van der Waals surface area contributed by atoms with Crippen molar-refractivity contribution in [3.63, 3.8) is 0 Å². The van der Waals surface area contributed by atoms with E-state index >= 15 is 0 Å². The summed E-state index contributed by atoms with van der Waals surface area (Å²) in [6.45, 7) is 4.55. The first kappa shape index (κ1) is 16.0. The quantitative estimate of drug-likeness (QED) is 0.662. The molecule has 2 aromatic carbocycles. The number of amides is 1. The van der Waals surface area contributed by atoms with Gasteiger partial charge < -0.3 is 4.42 Å². The van der Waals surface area contributed by atoms with Crippen molar-refractivity contribution in [2.75, 3.05) is 4.90 Å². The molecule has 3 aromatic rings. The van der Waals surface area contributed by atoms with Crippen molar-refractivity contribution < 1.29 is 13.8 Å². The maximum Gasteiger partial charge on any atom is 0.375 e. The lowest BCUT2D eigenvalue weighted by Gasteiger charge is -2.15. The molecular weight excluding hydrogens is 300 g/mol. The highest BCUT2D eigenvalue weighted by atomic mass is 16.4. The molecule has 0 unspecified atom stereocenters. The molecule has 1 aromatic heterocycles. The van der Waals surface area contributed by atoms with Crippen molar-refractivity contribution in [3.8, 4) is 0 Å². The minimum atomic E-state index is -0.0457. The smallest absolute Gasteiger partial charge is 0.375 e. The number of aryl methyl sites for hydroxylation is 1. The van der Waals surface area contributed by atoms with Crippen LogP contribution in [0.25, 0.3) is 17.2 Å². The van der Waals surface area contributed by atoms with Crippen molar-refractivity contribution in [1.82, 2.24) is 0 Å². The number of para-hydroxylation sites is 3. The maximum atomic E-state index is 12.0. The highest BCUT2D eigenvalue weighted by Crippen LogP contribution is 2.17. The number of hydrogen-bond donors (Lipinski definition) is 0. The van der Waals surface area contributed by atoms with Gasteiger partial charge in [-0.25, -0.2) is 0 Å². The average Bonchev–Trinajstić information content (AvgIpc) is 2.94. The second kappa shape index (κ2) is 7.13. The summed E-state index contributed by atoms with van der Waals surface area (Å²) in [5, 5.41) is 0. The van der Waals surface area contributed by atoms with Crippen LogP contribution in [0, 0.1) is 0 Å². The molecular formula is C20H21N2O2+. The van der Waals surface area contributed by atoms with Gasteiger partial charge in [-0.15, -0.1) is 0 Å². The molecule has 0 fully saturated rings. The number of nitrogens with zero attached hydrogens (tertiary/aromatic N) is 2. The van der Waals surface area contributed by atoms with E-state index in [1.807, 2.05) is 60.7 Å². The molecule has 0 radical (unpaired) electrons. The van der Waals surface area contributed by atoms with Crippen molar-refractivity contribution >= 4 is 28.8 Å². The van der Waals surface area contributed by atoms with E-state index in [1.165, 1.54) is 0 Å². The monoisotopic (exact) mass is 321 g/mol. The normalized spacial score (nSPS) is 11.2. The highest BCUT2D eigenvalue weighted by molar-refractivity contribution is 5.94. The number of hydrogen-bond acceptors (Lipinski definition) is 2. The predicted molar refractivity (Wildman–Crippen MR) is 95.3 cm³/mol. The van der Waals surface area contributed by atoms with Crippen LogP contribution in [-0.2, 0) is 11.3 Å². The molecule has 0 saturated carbocycles. The Morgan fingerprint density at radius 3 is 2.54 bits per heavy atom. The van der Waals surface area contributed by atoms with Gasteiger partial charge in [0.1, 0.15) is 0 Å². The number of oxazole rings is 1. The number of aromatic nitrogens is 1. The van der Waals surface area contributed by atoms with Crippen LogP contribution in [0.5, 0.6) is 0 Å². The second-order valence-electron chi connectivity index (χ2n) is 5.60. The summed E-state index contributed by atoms with van der Waals surface area (Å²) >= 11 is 0. The van der Waals surface area contributed by atoms with Gasteiger partial charge >= 0.3 is 5.89 Å². The number of benzene rings is 2. The summed E-state index contributed by atoms with van der Waals surface area (Å²) in [6.07, 6.45) is 4.62. The van der Waals surface area contributed by atoms with Gasteiger partial charge in [0.25, 0.3) is 5.52 Å². The van der Waals surface area contributed by atoms with E-state index in [0.717, 1.165) is 35.6 Å². The van der Waals surface area contributed by atoms with E-state index in [0.29, 0.717) is 0 Å². The highest BCUT2D eigenvalue weighted by Gasteiger charge is 2.19. The topological polar surface area (TPSA) is 37.3 Å². The zero-order valence-corrected chi connectivity index (χ0v) is 14.0. The van der Waals surface area contributed by atoms with Gasteiger partial charge in [-0.05, 0) is 18.2 Å². The number of fused-ring (bicyclic) bond motifs is 1. The first-order valence-corrected chi connectivity index (χ1v) is 8.15. The third kappa shape index (κ3) is 3.23. The number of carbonyl (C=O) groups excluding carboxylic acids is 1. The van der Waals surface area contributed by atoms with E-state index < -0.39 is 0 Å². The van der Waals surface area contributed by atoms with E-state index in [1.54, 1.807) is 18.0 Å².